The fourth-order valence-electron chi connectivity index (χ4n) is 3.34. The summed E-state index contributed by atoms with van der Waals surface area (Å²) in [6.07, 6.45) is 0.617. The third kappa shape index (κ3) is 4.42. The van der Waals surface area contributed by atoms with Gasteiger partial charge in [-0.1, -0.05) is 23.5 Å². The van der Waals surface area contributed by atoms with E-state index < -0.39 is 0 Å². The summed E-state index contributed by atoms with van der Waals surface area (Å²) in [6.45, 7) is 4.16. The van der Waals surface area contributed by atoms with Gasteiger partial charge in [-0.15, -0.1) is 10.2 Å². The number of hydrogen-bond acceptors (Lipinski definition) is 6. The molecule has 4 rings (SSSR count). The molecule has 0 unspecified atom stereocenters. The van der Waals surface area contributed by atoms with Crippen molar-refractivity contribution in [2.75, 3.05) is 36.0 Å². The number of carbonyl (C=O) groups is 1. The molecule has 0 spiro atoms. The molecule has 0 saturated carbocycles. The van der Waals surface area contributed by atoms with Gasteiger partial charge in [0.05, 0.1) is 5.69 Å². The number of anilines is 2. The summed E-state index contributed by atoms with van der Waals surface area (Å²) in [5, 5.41) is 10.3. The number of Topliss-reactive ketones (excluding diaryl/α,β-unsaturated/α-hetero) is 1. The lowest BCUT2D eigenvalue weighted by Crippen LogP contribution is -2.46. The van der Waals surface area contributed by atoms with Gasteiger partial charge >= 0.3 is 0 Å². The minimum absolute atomic E-state index is 0.145. The van der Waals surface area contributed by atoms with Crippen LogP contribution in [0.25, 0.3) is 0 Å². The highest BCUT2D eigenvalue weighted by atomic mass is 32.1. The normalized spacial score (nSPS) is 14.3. The molecule has 1 aromatic heterocycles. The van der Waals surface area contributed by atoms with Gasteiger partial charge in [0.25, 0.3) is 0 Å². The molecule has 1 saturated heterocycles. The quantitative estimate of drug-likeness (QED) is 0.592. The fourth-order valence-corrected chi connectivity index (χ4v) is 4.27. The van der Waals surface area contributed by atoms with Crippen LogP contribution in [0.2, 0.25) is 0 Å². The number of rotatable bonds is 5. The van der Waals surface area contributed by atoms with Crippen molar-refractivity contribution in [1.82, 2.24) is 10.2 Å². The summed E-state index contributed by atoms with van der Waals surface area (Å²) in [6, 6.07) is 11.0. The minimum atomic E-state index is -0.372. The molecule has 0 aliphatic carbocycles. The van der Waals surface area contributed by atoms with E-state index in [0.717, 1.165) is 15.7 Å². The third-order valence-corrected chi connectivity index (χ3v) is 5.95. The monoisotopic (exact) mass is 414 g/mol. The summed E-state index contributed by atoms with van der Waals surface area (Å²) in [4.78, 5) is 15.5. The molecular formula is C21H20F2N4OS. The topological polar surface area (TPSA) is 49.3 Å². The Morgan fingerprint density at radius 1 is 1.00 bits per heavy atom. The predicted octanol–water partition coefficient (Wildman–Crippen LogP) is 3.94. The summed E-state index contributed by atoms with van der Waals surface area (Å²) < 4.78 is 27.4. The Kier molecular flexibility index (Phi) is 5.53. The van der Waals surface area contributed by atoms with Crippen LogP contribution in [0.4, 0.5) is 19.6 Å². The number of halogens is 2. The molecule has 1 aliphatic heterocycles. The maximum Gasteiger partial charge on any atom is 0.208 e. The lowest BCUT2D eigenvalue weighted by atomic mass is 10.1. The van der Waals surface area contributed by atoms with Crippen molar-refractivity contribution in [2.45, 2.75) is 13.3 Å². The molecule has 0 radical (unpaired) electrons. The smallest absolute Gasteiger partial charge is 0.208 e. The molecule has 29 heavy (non-hydrogen) atoms. The Labute approximate surface area is 171 Å². The van der Waals surface area contributed by atoms with E-state index in [4.69, 9.17) is 0 Å². The number of nitrogens with zero attached hydrogens (tertiary/aromatic N) is 4. The summed E-state index contributed by atoms with van der Waals surface area (Å²) in [5.74, 6) is -0.770. The van der Waals surface area contributed by atoms with Gasteiger partial charge in [-0.05, 0) is 42.8 Å². The van der Waals surface area contributed by atoms with Crippen LogP contribution in [0, 0.1) is 11.6 Å². The summed E-state index contributed by atoms with van der Waals surface area (Å²) in [7, 11) is 0. The first-order chi connectivity index (χ1) is 14.0. The molecule has 8 heteroatoms. The molecule has 2 heterocycles. The lowest BCUT2D eigenvalue weighted by Gasteiger charge is -2.35. The van der Waals surface area contributed by atoms with E-state index in [1.165, 1.54) is 36.5 Å². The maximum absolute atomic E-state index is 14.4. The number of piperazine rings is 1. The largest absolute Gasteiger partial charge is 0.366 e. The van der Waals surface area contributed by atoms with E-state index in [1.54, 1.807) is 24.3 Å². The molecule has 3 aromatic rings. The van der Waals surface area contributed by atoms with Gasteiger partial charge in [-0.2, -0.15) is 0 Å². The van der Waals surface area contributed by atoms with Crippen molar-refractivity contribution in [3.63, 3.8) is 0 Å². The van der Waals surface area contributed by atoms with Crippen molar-refractivity contribution in [3.05, 3.63) is 70.2 Å². The predicted molar refractivity (Wildman–Crippen MR) is 110 cm³/mol. The first-order valence-corrected chi connectivity index (χ1v) is 10.2. The molecule has 1 fully saturated rings. The molecule has 1 aliphatic rings. The van der Waals surface area contributed by atoms with Gasteiger partial charge in [0.15, 0.2) is 5.78 Å². The van der Waals surface area contributed by atoms with Crippen LogP contribution in [0.5, 0.6) is 0 Å². The molecule has 0 bridgehead atoms. The van der Waals surface area contributed by atoms with Crippen molar-refractivity contribution >= 4 is 27.9 Å². The molecule has 0 atom stereocenters. The zero-order valence-corrected chi connectivity index (χ0v) is 16.8. The van der Waals surface area contributed by atoms with Crippen LogP contribution in [0.3, 0.4) is 0 Å². The van der Waals surface area contributed by atoms with E-state index in [9.17, 15) is 13.6 Å². The average Bonchev–Trinajstić information content (AvgIpc) is 3.18. The van der Waals surface area contributed by atoms with E-state index in [0.29, 0.717) is 43.9 Å². The second kappa shape index (κ2) is 8.24. The fraction of sp³-hybridized carbons (Fsp3) is 0.286. The van der Waals surface area contributed by atoms with Gasteiger partial charge < -0.3 is 9.80 Å². The number of hydrogen-bond donors (Lipinski definition) is 0. The highest BCUT2D eigenvalue weighted by molar-refractivity contribution is 7.15. The molecule has 2 aromatic carbocycles. The first-order valence-electron chi connectivity index (χ1n) is 9.37. The summed E-state index contributed by atoms with van der Waals surface area (Å²) in [5.41, 5.74) is 1.89. The van der Waals surface area contributed by atoms with Crippen molar-refractivity contribution in [1.29, 1.82) is 0 Å². The SMILES string of the molecule is CC(=O)c1ccc(N2CCN(c3nnc(Cc4ccc(F)cc4)s3)CC2)c(F)c1. The van der Waals surface area contributed by atoms with Crippen LogP contribution in [-0.2, 0) is 6.42 Å². The number of carbonyl (C=O) groups excluding carboxylic acids is 1. The van der Waals surface area contributed by atoms with E-state index >= 15 is 0 Å². The Balaban J connectivity index is 1.38. The zero-order valence-electron chi connectivity index (χ0n) is 15.9. The Morgan fingerprint density at radius 3 is 2.34 bits per heavy atom. The Bertz CT molecular complexity index is 1010. The highest BCUT2D eigenvalue weighted by Gasteiger charge is 2.22. The van der Waals surface area contributed by atoms with Crippen LogP contribution in [0.1, 0.15) is 27.9 Å². The maximum atomic E-state index is 14.4. The van der Waals surface area contributed by atoms with Gasteiger partial charge in [-0.25, -0.2) is 8.78 Å². The molecule has 5 nitrogen and oxygen atoms in total. The van der Waals surface area contributed by atoms with Gasteiger partial charge in [0.1, 0.15) is 16.6 Å². The minimum Gasteiger partial charge on any atom is -0.366 e. The second-order valence-corrected chi connectivity index (χ2v) is 8.02. The summed E-state index contributed by atoms with van der Waals surface area (Å²) >= 11 is 1.52. The average molecular weight is 414 g/mol. The van der Waals surface area contributed by atoms with E-state index in [2.05, 4.69) is 15.1 Å². The molecule has 0 amide bonds. The lowest BCUT2D eigenvalue weighted by molar-refractivity contribution is 0.101. The zero-order chi connectivity index (χ0) is 20.4. The van der Waals surface area contributed by atoms with Crippen molar-refractivity contribution < 1.29 is 13.6 Å². The Hall–Kier alpha value is -2.87. The third-order valence-electron chi connectivity index (χ3n) is 4.97. The Morgan fingerprint density at radius 2 is 1.69 bits per heavy atom. The number of benzene rings is 2. The standard InChI is InChI=1S/C21H20F2N4OS/c1-14(28)16-4-7-19(18(23)13-16)26-8-10-27(11-9-26)21-25-24-20(29-21)12-15-2-5-17(22)6-3-15/h2-7,13H,8-12H2,1H3. The van der Waals surface area contributed by atoms with Gasteiger partial charge in [0, 0.05) is 38.2 Å². The number of aromatic nitrogens is 2. The molecule has 0 N–H and O–H groups in total. The van der Waals surface area contributed by atoms with Gasteiger partial charge in [0.2, 0.25) is 5.13 Å². The molecule has 150 valence electrons. The van der Waals surface area contributed by atoms with Crippen LogP contribution < -0.4 is 9.80 Å². The van der Waals surface area contributed by atoms with Crippen LogP contribution in [-0.4, -0.2) is 42.2 Å². The molecular weight excluding hydrogens is 394 g/mol. The van der Waals surface area contributed by atoms with Gasteiger partial charge in [-0.3, -0.25) is 4.79 Å². The van der Waals surface area contributed by atoms with Crippen molar-refractivity contribution in [3.8, 4) is 0 Å². The van der Waals surface area contributed by atoms with E-state index in [1.807, 2.05) is 4.90 Å². The van der Waals surface area contributed by atoms with Crippen molar-refractivity contribution in [2.24, 2.45) is 0 Å². The number of ketones is 1. The highest BCUT2D eigenvalue weighted by Crippen LogP contribution is 2.26. The first kappa shape index (κ1) is 19.4. The van der Waals surface area contributed by atoms with Crippen LogP contribution >= 0.6 is 11.3 Å². The second-order valence-electron chi connectivity index (χ2n) is 6.98. The van der Waals surface area contributed by atoms with Crippen LogP contribution in [0.15, 0.2) is 42.5 Å². The van der Waals surface area contributed by atoms with E-state index in [-0.39, 0.29) is 17.4 Å².